The fraction of sp³-hybridized carbons (Fsp3) is 0.333. The molecule has 0 saturated carbocycles. The number of ether oxygens (including phenoxy) is 1. The molecule has 2 N–H and O–H groups in total. The number of carbonyl (C=O) groups is 2. The van der Waals surface area contributed by atoms with Crippen LogP contribution in [0, 0.1) is 6.92 Å². The second kappa shape index (κ2) is 5.21. The second-order valence-electron chi connectivity index (χ2n) is 5.12. The number of aromatic amines is 1. The summed E-state index contributed by atoms with van der Waals surface area (Å²) in [6.07, 6.45) is -0.951. The minimum atomic E-state index is -1.04. The van der Waals surface area contributed by atoms with Gasteiger partial charge < -0.3 is 19.7 Å². The summed E-state index contributed by atoms with van der Waals surface area (Å²) in [7, 11) is 0. The molecule has 2 heterocycles. The first-order valence-corrected chi connectivity index (χ1v) is 6.79. The van der Waals surface area contributed by atoms with E-state index >= 15 is 0 Å². The molecular formula is C15H16N2O4. The molecule has 110 valence electrons. The molecule has 0 unspecified atom stereocenters. The number of aliphatic carboxylic acids is 1. The lowest BCUT2D eigenvalue weighted by Crippen LogP contribution is -2.48. The molecule has 21 heavy (non-hydrogen) atoms. The van der Waals surface area contributed by atoms with Crippen molar-refractivity contribution in [2.45, 2.75) is 13.0 Å². The Morgan fingerprint density at radius 3 is 2.90 bits per heavy atom. The highest BCUT2D eigenvalue weighted by Crippen LogP contribution is 2.24. The quantitative estimate of drug-likeness (QED) is 0.875. The van der Waals surface area contributed by atoms with Crippen LogP contribution in [0.2, 0.25) is 0 Å². The Balaban J connectivity index is 1.93. The van der Waals surface area contributed by atoms with Crippen molar-refractivity contribution in [1.82, 2.24) is 9.88 Å². The van der Waals surface area contributed by atoms with Crippen LogP contribution in [0.4, 0.5) is 0 Å². The predicted molar refractivity (Wildman–Crippen MR) is 76.3 cm³/mol. The predicted octanol–water partition coefficient (Wildman–Crippen LogP) is 1.40. The van der Waals surface area contributed by atoms with Gasteiger partial charge in [0.05, 0.1) is 18.7 Å². The van der Waals surface area contributed by atoms with Crippen molar-refractivity contribution >= 4 is 22.8 Å². The van der Waals surface area contributed by atoms with Crippen molar-refractivity contribution < 1.29 is 19.4 Å². The van der Waals surface area contributed by atoms with Gasteiger partial charge in [0.15, 0.2) is 6.10 Å². The number of carbonyl (C=O) groups excluding carboxylic acids is 1. The third kappa shape index (κ3) is 2.38. The smallest absolute Gasteiger partial charge is 0.334 e. The third-order valence-electron chi connectivity index (χ3n) is 3.74. The first kappa shape index (κ1) is 13.6. The molecule has 1 aromatic carbocycles. The molecule has 0 spiro atoms. The number of aryl methyl sites for hydroxylation is 1. The zero-order valence-electron chi connectivity index (χ0n) is 11.6. The van der Waals surface area contributed by atoms with Gasteiger partial charge in [-0.1, -0.05) is 18.2 Å². The van der Waals surface area contributed by atoms with Crippen LogP contribution in [0.5, 0.6) is 0 Å². The highest BCUT2D eigenvalue weighted by atomic mass is 16.5. The van der Waals surface area contributed by atoms with E-state index in [1.807, 2.05) is 31.2 Å². The van der Waals surface area contributed by atoms with E-state index in [2.05, 4.69) is 4.98 Å². The zero-order chi connectivity index (χ0) is 15.0. The average molecular weight is 288 g/mol. The van der Waals surface area contributed by atoms with Gasteiger partial charge in [0.1, 0.15) is 0 Å². The fourth-order valence-corrected chi connectivity index (χ4v) is 2.69. The van der Waals surface area contributed by atoms with E-state index < -0.39 is 12.1 Å². The van der Waals surface area contributed by atoms with Gasteiger partial charge >= 0.3 is 5.97 Å². The summed E-state index contributed by atoms with van der Waals surface area (Å²) in [6, 6.07) is 7.59. The van der Waals surface area contributed by atoms with Gasteiger partial charge in [0, 0.05) is 23.1 Å². The van der Waals surface area contributed by atoms with E-state index in [1.165, 1.54) is 0 Å². The van der Waals surface area contributed by atoms with Gasteiger partial charge in [0.25, 0.3) is 5.91 Å². The number of aromatic nitrogens is 1. The van der Waals surface area contributed by atoms with Crippen molar-refractivity contribution in [3.63, 3.8) is 0 Å². The third-order valence-corrected chi connectivity index (χ3v) is 3.74. The molecule has 1 aliphatic heterocycles. The number of carboxylic acids is 1. The number of hydrogen-bond acceptors (Lipinski definition) is 3. The van der Waals surface area contributed by atoms with Gasteiger partial charge in [-0.15, -0.1) is 0 Å². The van der Waals surface area contributed by atoms with Crippen molar-refractivity contribution in [3.8, 4) is 0 Å². The molecule has 3 rings (SSSR count). The molecule has 0 bridgehead atoms. The Labute approximate surface area is 121 Å². The number of amides is 1. The summed E-state index contributed by atoms with van der Waals surface area (Å²) < 4.78 is 5.15. The maximum absolute atomic E-state index is 12.7. The van der Waals surface area contributed by atoms with E-state index in [1.54, 1.807) is 4.90 Å². The fourth-order valence-electron chi connectivity index (χ4n) is 2.69. The van der Waals surface area contributed by atoms with E-state index in [9.17, 15) is 9.59 Å². The first-order valence-electron chi connectivity index (χ1n) is 6.79. The van der Waals surface area contributed by atoms with Crippen LogP contribution in [0.15, 0.2) is 24.3 Å². The maximum Gasteiger partial charge on any atom is 0.334 e. The number of nitrogens with one attached hydrogen (secondary N) is 1. The topological polar surface area (TPSA) is 82.6 Å². The molecule has 6 heteroatoms. The standard InChI is InChI=1S/C15H16N2O4/c1-9-13(10-4-2-3-5-11(10)16-9)14(18)17-6-7-21-12(8-17)15(19)20/h2-5,12,16H,6-8H2,1H3,(H,19,20)/t12-/m0/s1. The van der Waals surface area contributed by atoms with Crippen molar-refractivity contribution in [2.75, 3.05) is 19.7 Å². The molecule has 1 fully saturated rings. The SMILES string of the molecule is Cc1[nH]c2ccccc2c1C(=O)N1CCO[C@H](C(=O)O)C1. The van der Waals surface area contributed by atoms with Gasteiger partial charge in [-0.25, -0.2) is 4.79 Å². The van der Waals surface area contributed by atoms with Crippen LogP contribution in [-0.4, -0.2) is 52.7 Å². The molecule has 0 radical (unpaired) electrons. The van der Waals surface area contributed by atoms with Gasteiger partial charge in [-0.3, -0.25) is 4.79 Å². The second-order valence-corrected chi connectivity index (χ2v) is 5.12. The largest absolute Gasteiger partial charge is 0.479 e. The maximum atomic E-state index is 12.7. The van der Waals surface area contributed by atoms with Crippen molar-refractivity contribution in [2.24, 2.45) is 0 Å². The Hall–Kier alpha value is -2.34. The van der Waals surface area contributed by atoms with Crippen molar-refractivity contribution in [3.05, 3.63) is 35.5 Å². The Morgan fingerprint density at radius 2 is 2.14 bits per heavy atom. The number of morpholine rings is 1. The minimum absolute atomic E-state index is 0.0765. The van der Waals surface area contributed by atoms with Crippen LogP contribution in [0.25, 0.3) is 10.9 Å². The summed E-state index contributed by atoms with van der Waals surface area (Å²) in [5.74, 6) is -1.19. The lowest BCUT2D eigenvalue weighted by Gasteiger charge is -2.31. The number of para-hydroxylation sites is 1. The monoisotopic (exact) mass is 288 g/mol. The van der Waals surface area contributed by atoms with Gasteiger partial charge in [-0.05, 0) is 13.0 Å². The summed E-state index contributed by atoms with van der Waals surface area (Å²) in [5, 5.41) is 9.89. The van der Waals surface area contributed by atoms with Crippen LogP contribution in [0.1, 0.15) is 16.1 Å². The summed E-state index contributed by atoms with van der Waals surface area (Å²) in [6.45, 7) is 2.57. The summed E-state index contributed by atoms with van der Waals surface area (Å²) >= 11 is 0. The Kier molecular flexibility index (Phi) is 3.39. The number of rotatable bonds is 2. The molecule has 1 aromatic heterocycles. The van der Waals surface area contributed by atoms with E-state index in [-0.39, 0.29) is 19.1 Å². The Bertz CT molecular complexity index is 707. The van der Waals surface area contributed by atoms with E-state index in [0.717, 1.165) is 16.6 Å². The number of fused-ring (bicyclic) bond motifs is 1. The zero-order valence-corrected chi connectivity index (χ0v) is 11.6. The molecule has 2 aromatic rings. The molecule has 1 saturated heterocycles. The lowest BCUT2D eigenvalue weighted by molar-refractivity contribution is -0.154. The average Bonchev–Trinajstić information content (AvgIpc) is 2.82. The van der Waals surface area contributed by atoms with Crippen LogP contribution < -0.4 is 0 Å². The van der Waals surface area contributed by atoms with E-state index in [4.69, 9.17) is 9.84 Å². The number of carboxylic acid groups (broad SMARTS) is 1. The van der Waals surface area contributed by atoms with E-state index in [0.29, 0.717) is 12.1 Å². The minimum Gasteiger partial charge on any atom is -0.479 e. The summed E-state index contributed by atoms with van der Waals surface area (Å²) in [5.41, 5.74) is 2.30. The number of benzene rings is 1. The normalized spacial score (nSPS) is 18.9. The number of nitrogens with zero attached hydrogens (tertiary/aromatic N) is 1. The van der Waals surface area contributed by atoms with Gasteiger partial charge in [-0.2, -0.15) is 0 Å². The first-order chi connectivity index (χ1) is 10.1. The number of H-pyrrole nitrogens is 1. The van der Waals surface area contributed by atoms with Crippen molar-refractivity contribution in [1.29, 1.82) is 0 Å². The molecule has 1 atom stereocenters. The Morgan fingerprint density at radius 1 is 1.38 bits per heavy atom. The number of hydrogen-bond donors (Lipinski definition) is 2. The highest BCUT2D eigenvalue weighted by Gasteiger charge is 2.31. The molecule has 1 amide bonds. The molecular weight excluding hydrogens is 272 g/mol. The molecule has 6 nitrogen and oxygen atoms in total. The molecule has 1 aliphatic rings. The molecule has 0 aliphatic carbocycles. The van der Waals surface area contributed by atoms with Crippen LogP contribution >= 0.6 is 0 Å². The lowest BCUT2D eigenvalue weighted by atomic mass is 10.1. The summed E-state index contributed by atoms with van der Waals surface area (Å²) in [4.78, 5) is 28.5. The van der Waals surface area contributed by atoms with Crippen LogP contribution in [-0.2, 0) is 9.53 Å². The highest BCUT2D eigenvalue weighted by molar-refractivity contribution is 6.08. The van der Waals surface area contributed by atoms with Crippen LogP contribution in [0.3, 0.4) is 0 Å². The van der Waals surface area contributed by atoms with Gasteiger partial charge in [0.2, 0.25) is 0 Å².